The van der Waals surface area contributed by atoms with Gasteiger partial charge < -0.3 is 30.7 Å². The second-order valence-electron chi connectivity index (χ2n) is 7.59. The van der Waals surface area contributed by atoms with Gasteiger partial charge in [-0.25, -0.2) is 0 Å². The van der Waals surface area contributed by atoms with E-state index in [1.165, 1.54) is 0 Å². The number of phenols is 1. The first-order valence-electron chi connectivity index (χ1n) is 10.3. The van der Waals surface area contributed by atoms with Gasteiger partial charge in [0.1, 0.15) is 5.75 Å². The summed E-state index contributed by atoms with van der Waals surface area (Å²) in [5.41, 5.74) is 2.95. The summed E-state index contributed by atoms with van der Waals surface area (Å²) < 4.78 is 0. The normalized spacial score (nSPS) is 12.1. The van der Waals surface area contributed by atoms with E-state index in [4.69, 9.17) is 10.2 Å². The predicted octanol–water partition coefficient (Wildman–Crippen LogP) is -0.231. The number of aliphatic hydroxyl groups excluding tert-OH is 2. The zero-order valence-corrected chi connectivity index (χ0v) is 17.7. The molecule has 9 heteroatoms. The van der Waals surface area contributed by atoms with Gasteiger partial charge in [0, 0.05) is 19.6 Å². The minimum Gasteiger partial charge on any atom is -0.507 e. The Kier molecular flexibility index (Phi) is 9.96. The number of nitrogens with one attached hydrogen (secondary N) is 1. The van der Waals surface area contributed by atoms with Gasteiger partial charge >= 0.3 is 7.12 Å². The smallest absolute Gasteiger partial charge is 0.475 e. The molecular formula is C22H31BN2O6. The maximum absolute atomic E-state index is 12.4. The number of para-hydroxylation sites is 1. The molecule has 0 saturated carbocycles. The first kappa shape index (κ1) is 24.8. The van der Waals surface area contributed by atoms with Gasteiger partial charge in [-0.2, -0.15) is 0 Å². The fraction of sp³-hybridized carbons (Fsp3) is 0.409. The number of hydrogen-bond acceptors (Lipinski definition) is 7. The van der Waals surface area contributed by atoms with Crippen LogP contribution in [0.5, 0.6) is 5.75 Å². The Bertz CT molecular complexity index is 825. The van der Waals surface area contributed by atoms with E-state index in [0.717, 1.165) is 11.1 Å². The molecule has 0 aliphatic rings. The molecule has 0 bridgehead atoms. The molecule has 2 rings (SSSR count). The van der Waals surface area contributed by atoms with E-state index in [1.54, 1.807) is 25.1 Å². The Morgan fingerprint density at radius 1 is 1.03 bits per heavy atom. The number of nitrogens with zero attached hydrogens (tertiary/aromatic N) is 1. The lowest BCUT2D eigenvalue weighted by Gasteiger charge is -2.20. The molecule has 8 nitrogen and oxygen atoms in total. The molecule has 0 aliphatic heterocycles. The van der Waals surface area contributed by atoms with E-state index in [9.17, 15) is 19.9 Å². The molecule has 168 valence electrons. The van der Waals surface area contributed by atoms with Crippen LogP contribution in [-0.2, 0) is 24.2 Å². The van der Waals surface area contributed by atoms with Gasteiger partial charge in [-0.1, -0.05) is 42.5 Å². The number of aromatic hydroxyl groups is 1. The molecule has 0 radical (unpaired) electrons. The minimum absolute atomic E-state index is 0.0104. The molecule has 0 aliphatic carbocycles. The van der Waals surface area contributed by atoms with Gasteiger partial charge in [-0.3, -0.25) is 9.69 Å². The molecule has 2 aromatic rings. The fourth-order valence-electron chi connectivity index (χ4n) is 3.37. The van der Waals surface area contributed by atoms with Crippen molar-refractivity contribution in [2.45, 2.75) is 32.3 Å². The lowest BCUT2D eigenvalue weighted by Crippen LogP contribution is -2.48. The van der Waals surface area contributed by atoms with Crippen molar-refractivity contribution in [2.24, 2.45) is 0 Å². The average Bonchev–Trinajstić information content (AvgIpc) is 2.72. The summed E-state index contributed by atoms with van der Waals surface area (Å²) in [6.07, 6.45) is 0.154. The lowest BCUT2D eigenvalue weighted by molar-refractivity contribution is -0.120. The van der Waals surface area contributed by atoms with E-state index in [2.05, 4.69) is 5.32 Å². The Hall–Kier alpha value is -2.43. The molecule has 0 aromatic heterocycles. The highest BCUT2D eigenvalue weighted by atomic mass is 16.4. The molecule has 1 atom stereocenters. The summed E-state index contributed by atoms with van der Waals surface area (Å²) in [4.78, 5) is 14.4. The van der Waals surface area contributed by atoms with Crippen molar-refractivity contribution >= 4 is 13.0 Å². The number of hydrogen-bond donors (Lipinski definition) is 6. The van der Waals surface area contributed by atoms with E-state index < -0.39 is 13.1 Å². The van der Waals surface area contributed by atoms with E-state index in [1.807, 2.05) is 29.2 Å². The van der Waals surface area contributed by atoms with Crippen molar-refractivity contribution in [2.75, 3.05) is 26.3 Å². The molecule has 0 unspecified atom stereocenters. The summed E-state index contributed by atoms with van der Waals surface area (Å²) in [6.45, 7) is 3.27. The highest BCUT2D eigenvalue weighted by Crippen LogP contribution is 2.23. The number of benzene rings is 2. The van der Waals surface area contributed by atoms with E-state index in [0.29, 0.717) is 30.8 Å². The molecule has 0 fully saturated rings. The first-order valence-corrected chi connectivity index (χ1v) is 10.3. The van der Waals surface area contributed by atoms with Crippen LogP contribution in [0.1, 0.15) is 22.3 Å². The monoisotopic (exact) mass is 430 g/mol. The molecule has 1 amide bonds. The number of carbonyl (C=O) groups is 1. The maximum Gasteiger partial charge on any atom is 0.475 e. The largest absolute Gasteiger partial charge is 0.507 e. The fourth-order valence-corrected chi connectivity index (χ4v) is 3.37. The topological polar surface area (TPSA) is 133 Å². The van der Waals surface area contributed by atoms with E-state index in [-0.39, 0.29) is 37.7 Å². The number of aryl methyl sites for hydroxylation is 1. The van der Waals surface area contributed by atoms with Crippen LogP contribution in [0.2, 0.25) is 0 Å². The second kappa shape index (κ2) is 12.4. The molecular weight excluding hydrogens is 399 g/mol. The number of amides is 1. The van der Waals surface area contributed by atoms with Crippen molar-refractivity contribution < 1.29 is 30.2 Å². The van der Waals surface area contributed by atoms with Crippen molar-refractivity contribution in [1.29, 1.82) is 0 Å². The van der Waals surface area contributed by atoms with Gasteiger partial charge in [-0.05, 0) is 35.6 Å². The Labute approximate surface area is 182 Å². The van der Waals surface area contributed by atoms with Crippen molar-refractivity contribution in [3.05, 3.63) is 64.7 Å². The third kappa shape index (κ3) is 7.97. The van der Waals surface area contributed by atoms with Gasteiger partial charge in [-0.15, -0.1) is 0 Å². The van der Waals surface area contributed by atoms with Gasteiger partial charge in [0.25, 0.3) is 0 Å². The van der Waals surface area contributed by atoms with Crippen molar-refractivity contribution in [1.82, 2.24) is 10.2 Å². The standard InChI is InChI=1S/C22H31BN2O6/c1-16-3-2-4-19(22(16)29)14-20(23(30)31)24-21(28)13-17-5-7-18(8-6-17)15-25(9-11-26)10-12-27/h2-8,20,26-27,29-31H,9-15H2,1H3,(H,24,28)/t20-/m0/s1. The molecule has 31 heavy (non-hydrogen) atoms. The summed E-state index contributed by atoms with van der Waals surface area (Å²) in [6, 6.07) is 12.6. The summed E-state index contributed by atoms with van der Waals surface area (Å²) in [5.74, 6) is -1.24. The van der Waals surface area contributed by atoms with Crippen molar-refractivity contribution in [3.63, 3.8) is 0 Å². The molecule has 0 saturated heterocycles. The lowest BCUT2D eigenvalue weighted by atomic mass is 9.75. The number of rotatable bonds is 12. The molecule has 0 heterocycles. The number of aliphatic hydroxyl groups is 2. The third-order valence-electron chi connectivity index (χ3n) is 5.09. The highest BCUT2D eigenvalue weighted by molar-refractivity contribution is 6.43. The molecule has 6 N–H and O–H groups in total. The quantitative estimate of drug-likeness (QED) is 0.256. The second-order valence-corrected chi connectivity index (χ2v) is 7.59. The summed E-state index contributed by atoms with van der Waals surface area (Å²) in [7, 11) is -1.77. The van der Waals surface area contributed by atoms with Gasteiger partial charge in [0.15, 0.2) is 0 Å². The number of carbonyl (C=O) groups excluding carboxylic acids is 1. The summed E-state index contributed by atoms with van der Waals surface area (Å²) >= 11 is 0. The SMILES string of the molecule is Cc1cccc(C[C@H](NC(=O)Cc2ccc(CN(CCO)CCO)cc2)B(O)O)c1O. The van der Waals surface area contributed by atoms with Crippen LogP contribution < -0.4 is 5.32 Å². The van der Waals surface area contributed by atoms with Crippen LogP contribution in [0.25, 0.3) is 0 Å². The summed E-state index contributed by atoms with van der Waals surface area (Å²) in [5, 5.41) is 50.3. The van der Waals surface area contributed by atoms with Gasteiger partial charge in [0.2, 0.25) is 5.91 Å². The van der Waals surface area contributed by atoms with Crippen LogP contribution in [0.3, 0.4) is 0 Å². The zero-order valence-electron chi connectivity index (χ0n) is 17.7. The van der Waals surface area contributed by atoms with Crippen LogP contribution in [0.4, 0.5) is 0 Å². The molecule has 0 spiro atoms. The van der Waals surface area contributed by atoms with Crippen LogP contribution in [-0.4, -0.2) is 75.5 Å². The first-order chi connectivity index (χ1) is 14.8. The Balaban J connectivity index is 1.95. The minimum atomic E-state index is -1.77. The zero-order chi connectivity index (χ0) is 22.8. The van der Waals surface area contributed by atoms with Crippen LogP contribution in [0, 0.1) is 6.92 Å². The molecule has 2 aromatic carbocycles. The van der Waals surface area contributed by atoms with Gasteiger partial charge in [0.05, 0.1) is 25.6 Å². The third-order valence-corrected chi connectivity index (χ3v) is 5.09. The average molecular weight is 430 g/mol. The van der Waals surface area contributed by atoms with Crippen LogP contribution in [0.15, 0.2) is 42.5 Å². The van der Waals surface area contributed by atoms with Crippen LogP contribution >= 0.6 is 0 Å². The van der Waals surface area contributed by atoms with E-state index >= 15 is 0 Å². The Morgan fingerprint density at radius 2 is 1.65 bits per heavy atom. The predicted molar refractivity (Wildman–Crippen MR) is 118 cm³/mol. The highest BCUT2D eigenvalue weighted by Gasteiger charge is 2.26. The maximum atomic E-state index is 12.4. The van der Waals surface area contributed by atoms with Crippen molar-refractivity contribution in [3.8, 4) is 5.75 Å². The Morgan fingerprint density at radius 3 is 2.23 bits per heavy atom. The number of phenolic OH excluding ortho intramolecular Hbond substituents is 1.